The molecule has 0 N–H and O–H groups in total. The van der Waals surface area contributed by atoms with Crippen LogP contribution in [0.1, 0.15) is 37.3 Å². The zero-order chi connectivity index (χ0) is 14.5. The number of halogens is 1. The molecule has 0 bridgehead atoms. The van der Waals surface area contributed by atoms with Crippen molar-refractivity contribution >= 4 is 15.9 Å². The molecule has 1 unspecified atom stereocenters. The molecule has 0 spiro atoms. The number of rotatable bonds is 5. The third-order valence-corrected chi connectivity index (χ3v) is 4.40. The highest BCUT2D eigenvalue weighted by molar-refractivity contribution is 9.08. The van der Waals surface area contributed by atoms with Crippen molar-refractivity contribution in [1.29, 1.82) is 0 Å². The molecule has 112 valence electrons. The number of aromatic nitrogens is 3. The van der Waals surface area contributed by atoms with Crippen molar-refractivity contribution in [2.75, 3.05) is 6.61 Å². The second-order valence-electron chi connectivity index (χ2n) is 5.36. The fourth-order valence-corrected chi connectivity index (χ4v) is 3.17. The van der Waals surface area contributed by atoms with Gasteiger partial charge in [0.25, 0.3) is 0 Å². The third-order valence-electron chi connectivity index (χ3n) is 3.89. The molecule has 0 saturated carbocycles. The van der Waals surface area contributed by atoms with Crippen molar-refractivity contribution in [3.05, 3.63) is 42.0 Å². The number of benzene rings is 1. The van der Waals surface area contributed by atoms with Crippen LogP contribution in [-0.2, 0) is 16.5 Å². The van der Waals surface area contributed by atoms with Crippen molar-refractivity contribution in [2.24, 2.45) is 0 Å². The summed E-state index contributed by atoms with van der Waals surface area (Å²) in [4.78, 5) is 0. The molecule has 1 aromatic carbocycles. The van der Waals surface area contributed by atoms with E-state index in [-0.39, 0.29) is 0 Å². The smallest absolute Gasteiger partial charge is 0.148 e. The molecule has 2 heterocycles. The molecule has 21 heavy (non-hydrogen) atoms. The Morgan fingerprint density at radius 3 is 2.67 bits per heavy atom. The predicted octanol–water partition coefficient (Wildman–Crippen LogP) is 3.66. The maximum Gasteiger partial charge on any atom is 0.148 e. The summed E-state index contributed by atoms with van der Waals surface area (Å²) in [5, 5.41) is 9.38. The molecule has 0 amide bonds. The monoisotopic (exact) mass is 349 g/mol. The van der Waals surface area contributed by atoms with Crippen LogP contribution in [0.4, 0.5) is 0 Å². The fraction of sp³-hybridized carbons (Fsp3) is 0.500. The van der Waals surface area contributed by atoms with E-state index in [1.54, 1.807) is 0 Å². The van der Waals surface area contributed by atoms with Gasteiger partial charge in [-0.3, -0.25) is 4.57 Å². The van der Waals surface area contributed by atoms with Crippen LogP contribution in [0.3, 0.4) is 0 Å². The second kappa shape index (κ2) is 7.18. The van der Waals surface area contributed by atoms with Crippen LogP contribution < -0.4 is 0 Å². The quantitative estimate of drug-likeness (QED) is 0.773. The first-order valence-electron chi connectivity index (χ1n) is 7.54. The van der Waals surface area contributed by atoms with Crippen LogP contribution in [0.15, 0.2) is 30.3 Å². The molecule has 1 fully saturated rings. The average molecular weight is 350 g/mol. The molecular weight excluding hydrogens is 330 g/mol. The van der Waals surface area contributed by atoms with Crippen molar-refractivity contribution < 1.29 is 4.74 Å². The topological polar surface area (TPSA) is 39.9 Å². The van der Waals surface area contributed by atoms with Gasteiger partial charge >= 0.3 is 0 Å². The highest BCUT2D eigenvalue weighted by Crippen LogP contribution is 2.20. The lowest BCUT2D eigenvalue weighted by molar-refractivity contribution is 0.0111. The van der Waals surface area contributed by atoms with Crippen LogP contribution in [0.5, 0.6) is 0 Å². The summed E-state index contributed by atoms with van der Waals surface area (Å²) in [5.74, 6) is 1.96. The molecule has 5 heteroatoms. The Hall–Kier alpha value is -1.20. The number of para-hydroxylation sites is 1. The SMILES string of the molecule is BrCc1nnc(CCC2CCCCO2)n1-c1ccccc1. The Balaban J connectivity index is 1.77. The fourth-order valence-electron chi connectivity index (χ4n) is 2.80. The van der Waals surface area contributed by atoms with Crippen LogP contribution in [0.2, 0.25) is 0 Å². The minimum atomic E-state index is 0.382. The lowest BCUT2D eigenvalue weighted by Crippen LogP contribution is -2.20. The Morgan fingerprint density at radius 1 is 1.14 bits per heavy atom. The van der Waals surface area contributed by atoms with Gasteiger partial charge in [-0.25, -0.2) is 0 Å². The maximum atomic E-state index is 5.81. The summed E-state index contributed by atoms with van der Waals surface area (Å²) in [6.07, 6.45) is 5.96. The normalized spacial score (nSPS) is 18.8. The summed E-state index contributed by atoms with van der Waals surface area (Å²) in [6.45, 7) is 0.905. The van der Waals surface area contributed by atoms with E-state index in [2.05, 4.69) is 42.8 Å². The van der Waals surface area contributed by atoms with Gasteiger partial charge in [-0.1, -0.05) is 34.1 Å². The Morgan fingerprint density at radius 2 is 1.95 bits per heavy atom. The van der Waals surface area contributed by atoms with E-state index in [1.165, 1.54) is 19.3 Å². The Kier molecular flexibility index (Phi) is 5.04. The minimum Gasteiger partial charge on any atom is -0.378 e. The van der Waals surface area contributed by atoms with E-state index in [1.807, 2.05) is 18.2 Å². The van der Waals surface area contributed by atoms with Gasteiger partial charge in [0.1, 0.15) is 11.6 Å². The molecular formula is C16H20BrN3O. The van der Waals surface area contributed by atoms with E-state index in [0.29, 0.717) is 11.4 Å². The summed E-state index contributed by atoms with van der Waals surface area (Å²) >= 11 is 3.50. The Bertz CT molecular complexity index is 564. The summed E-state index contributed by atoms with van der Waals surface area (Å²) < 4.78 is 7.96. The highest BCUT2D eigenvalue weighted by Gasteiger charge is 2.17. The number of hydrogen-bond donors (Lipinski definition) is 0. The van der Waals surface area contributed by atoms with E-state index < -0.39 is 0 Å². The maximum absolute atomic E-state index is 5.81. The van der Waals surface area contributed by atoms with Gasteiger partial charge in [0.2, 0.25) is 0 Å². The zero-order valence-corrected chi connectivity index (χ0v) is 13.6. The van der Waals surface area contributed by atoms with Crippen molar-refractivity contribution in [3.8, 4) is 5.69 Å². The minimum absolute atomic E-state index is 0.382. The van der Waals surface area contributed by atoms with E-state index in [0.717, 1.165) is 36.8 Å². The molecule has 0 radical (unpaired) electrons. The van der Waals surface area contributed by atoms with Gasteiger partial charge in [0.15, 0.2) is 0 Å². The largest absolute Gasteiger partial charge is 0.378 e. The van der Waals surface area contributed by atoms with Crippen LogP contribution in [-0.4, -0.2) is 27.5 Å². The van der Waals surface area contributed by atoms with E-state index in [9.17, 15) is 0 Å². The number of aryl methyl sites for hydroxylation is 1. The first kappa shape index (κ1) is 14.7. The number of alkyl halides is 1. The molecule has 1 saturated heterocycles. The van der Waals surface area contributed by atoms with Crippen LogP contribution >= 0.6 is 15.9 Å². The molecule has 1 atom stereocenters. The lowest BCUT2D eigenvalue weighted by Gasteiger charge is -2.22. The molecule has 4 nitrogen and oxygen atoms in total. The van der Waals surface area contributed by atoms with Gasteiger partial charge < -0.3 is 4.74 Å². The molecule has 1 aromatic heterocycles. The van der Waals surface area contributed by atoms with Crippen molar-refractivity contribution in [1.82, 2.24) is 14.8 Å². The predicted molar refractivity (Wildman–Crippen MR) is 85.9 cm³/mol. The summed E-state index contributed by atoms with van der Waals surface area (Å²) in [5.41, 5.74) is 1.12. The standard InChI is InChI=1S/C16H20BrN3O/c17-12-16-19-18-15(10-9-14-8-4-5-11-21-14)20(16)13-6-2-1-3-7-13/h1-3,6-7,14H,4-5,8-12H2. The van der Waals surface area contributed by atoms with Crippen LogP contribution in [0, 0.1) is 0 Å². The van der Waals surface area contributed by atoms with E-state index in [4.69, 9.17) is 4.74 Å². The molecule has 1 aliphatic heterocycles. The molecule has 0 aliphatic carbocycles. The van der Waals surface area contributed by atoms with Gasteiger partial charge in [-0.05, 0) is 37.8 Å². The number of hydrogen-bond acceptors (Lipinski definition) is 3. The first-order chi connectivity index (χ1) is 10.4. The molecule has 3 rings (SSSR count). The summed E-state index contributed by atoms with van der Waals surface area (Å²) in [6, 6.07) is 10.3. The van der Waals surface area contributed by atoms with Crippen molar-refractivity contribution in [2.45, 2.75) is 43.5 Å². The van der Waals surface area contributed by atoms with Crippen LogP contribution in [0.25, 0.3) is 5.69 Å². The van der Waals surface area contributed by atoms with Gasteiger partial charge in [-0.2, -0.15) is 0 Å². The van der Waals surface area contributed by atoms with Crippen molar-refractivity contribution in [3.63, 3.8) is 0 Å². The molecule has 2 aromatic rings. The first-order valence-corrected chi connectivity index (χ1v) is 8.67. The highest BCUT2D eigenvalue weighted by atomic mass is 79.9. The average Bonchev–Trinajstić information content (AvgIpc) is 2.97. The zero-order valence-electron chi connectivity index (χ0n) is 12.0. The van der Waals surface area contributed by atoms with Gasteiger partial charge in [0, 0.05) is 18.7 Å². The van der Waals surface area contributed by atoms with Gasteiger partial charge in [0.05, 0.1) is 11.4 Å². The van der Waals surface area contributed by atoms with Gasteiger partial charge in [-0.15, -0.1) is 10.2 Å². The third kappa shape index (κ3) is 3.52. The summed E-state index contributed by atoms with van der Waals surface area (Å²) in [7, 11) is 0. The molecule has 1 aliphatic rings. The number of nitrogens with zero attached hydrogens (tertiary/aromatic N) is 3. The second-order valence-corrected chi connectivity index (χ2v) is 5.93. The van der Waals surface area contributed by atoms with E-state index >= 15 is 0 Å². The lowest BCUT2D eigenvalue weighted by atomic mass is 10.0. The Labute approximate surface area is 133 Å². The number of ether oxygens (including phenoxy) is 1.